The van der Waals surface area contributed by atoms with E-state index in [2.05, 4.69) is 27.9 Å². The normalized spacial score (nSPS) is 11.0. The summed E-state index contributed by atoms with van der Waals surface area (Å²) in [4.78, 5) is 12.2. The van der Waals surface area contributed by atoms with Crippen LogP contribution in [-0.4, -0.2) is 33.7 Å². The van der Waals surface area contributed by atoms with Crippen molar-refractivity contribution in [3.63, 3.8) is 0 Å². The second-order valence-electron chi connectivity index (χ2n) is 5.60. The molecule has 26 heavy (non-hydrogen) atoms. The Morgan fingerprint density at radius 2 is 1.73 bits per heavy atom. The third kappa shape index (κ3) is 6.17. The minimum atomic E-state index is -3.57. The van der Waals surface area contributed by atoms with Crippen LogP contribution in [0.3, 0.4) is 0 Å². The highest BCUT2D eigenvalue weighted by atomic mass is 127. The molecule has 140 valence electrons. The molecule has 0 unspecified atom stereocenters. The van der Waals surface area contributed by atoms with E-state index in [0.717, 1.165) is 25.4 Å². The highest BCUT2D eigenvalue weighted by Crippen LogP contribution is 2.19. The summed E-state index contributed by atoms with van der Waals surface area (Å²) in [6.45, 7) is 2.55. The first-order valence-corrected chi connectivity index (χ1v) is 10.9. The molecule has 0 atom stereocenters. The third-order valence-electron chi connectivity index (χ3n) is 3.53. The molecule has 0 radical (unpaired) electrons. The van der Waals surface area contributed by atoms with Crippen LogP contribution in [0.1, 0.15) is 12.5 Å². The van der Waals surface area contributed by atoms with Crippen molar-refractivity contribution in [2.45, 2.75) is 13.5 Å². The Bertz CT molecular complexity index is 836. The van der Waals surface area contributed by atoms with E-state index in [1.165, 1.54) is 0 Å². The van der Waals surface area contributed by atoms with E-state index in [1.807, 2.05) is 31.2 Å². The van der Waals surface area contributed by atoms with Crippen LogP contribution < -0.4 is 14.4 Å². The van der Waals surface area contributed by atoms with Gasteiger partial charge in [0.15, 0.2) is 0 Å². The quantitative estimate of drug-likeness (QED) is 0.580. The predicted octanol–water partition coefficient (Wildman–Crippen LogP) is 2.77. The maximum Gasteiger partial charge on any atom is 0.241 e. The Morgan fingerprint density at radius 1 is 1.12 bits per heavy atom. The lowest BCUT2D eigenvalue weighted by atomic mass is 10.2. The molecule has 1 N–H and O–H groups in total. The molecule has 0 aliphatic rings. The van der Waals surface area contributed by atoms with Crippen LogP contribution in [0.15, 0.2) is 48.5 Å². The molecule has 0 spiro atoms. The lowest BCUT2D eigenvalue weighted by molar-refractivity contribution is -0.119. The SMILES string of the molecule is CCOc1ccc(CNC(=O)CN(c2ccc(I)cc2)S(C)(=O)=O)cc1. The van der Waals surface area contributed by atoms with Gasteiger partial charge in [-0.15, -0.1) is 0 Å². The van der Waals surface area contributed by atoms with Gasteiger partial charge in [0.1, 0.15) is 12.3 Å². The first kappa shape index (κ1) is 20.5. The second-order valence-corrected chi connectivity index (χ2v) is 8.75. The van der Waals surface area contributed by atoms with Crippen LogP contribution in [0.5, 0.6) is 5.75 Å². The molecule has 8 heteroatoms. The second kappa shape index (κ2) is 9.22. The van der Waals surface area contributed by atoms with Gasteiger partial charge < -0.3 is 10.1 Å². The summed E-state index contributed by atoms with van der Waals surface area (Å²) in [5.41, 5.74) is 1.37. The number of hydrogen-bond acceptors (Lipinski definition) is 4. The highest BCUT2D eigenvalue weighted by molar-refractivity contribution is 14.1. The zero-order valence-electron chi connectivity index (χ0n) is 14.6. The number of halogens is 1. The van der Waals surface area contributed by atoms with Crippen LogP contribution in [0.25, 0.3) is 0 Å². The predicted molar refractivity (Wildman–Crippen MR) is 111 cm³/mol. The molecule has 0 saturated heterocycles. The van der Waals surface area contributed by atoms with Crippen molar-refractivity contribution in [1.29, 1.82) is 0 Å². The van der Waals surface area contributed by atoms with Gasteiger partial charge in [-0.3, -0.25) is 9.10 Å². The van der Waals surface area contributed by atoms with Crippen LogP contribution in [-0.2, 0) is 21.4 Å². The average Bonchev–Trinajstić information content (AvgIpc) is 2.59. The maximum atomic E-state index is 12.2. The summed E-state index contributed by atoms with van der Waals surface area (Å²) >= 11 is 2.14. The summed E-state index contributed by atoms with van der Waals surface area (Å²) < 4.78 is 31.6. The first-order chi connectivity index (χ1) is 12.3. The first-order valence-electron chi connectivity index (χ1n) is 8.01. The lowest BCUT2D eigenvalue weighted by Gasteiger charge is -2.22. The van der Waals surface area contributed by atoms with E-state index in [-0.39, 0.29) is 12.5 Å². The van der Waals surface area contributed by atoms with Gasteiger partial charge in [-0.2, -0.15) is 0 Å². The third-order valence-corrected chi connectivity index (χ3v) is 5.39. The number of nitrogens with one attached hydrogen (secondary N) is 1. The van der Waals surface area contributed by atoms with Gasteiger partial charge >= 0.3 is 0 Å². The molecule has 6 nitrogen and oxygen atoms in total. The fourth-order valence-electron chi connectivity index (χ4n) is 2.26. The van der Waals surface area contributed by atoms with E-state index in [9.17, 15) is 13.2 Å². The number of anilines is 1. The molecule has 0 aromatic heterocycles. The zero-order valence-corrected chi connectivity index (χ0v) is 17.6. The molecular formula is C18H21IN2O4S. The monoisotopic (exact) mass is 488 g/mol. The Balaban J connectivity index is 2.00. The number of benzene rings is 2. The lowest BCUT2D eigenvalue weighted by Crippen LogP contribution is -2.40. The van der Waals surface area contributed by atoms with Crippen molar-refractivity contribution in [2.24, 2.45) is 0 Å². The minimum absolute atomic E-state index is 0.267. The number of hydrogen-bond donors (Lipinski definition) is 1. The standard InChI is InChI=1S/C18H21IN2O4S/c1-3-25-17-10-4-14(5-11-17)12-20-18(22)13-21(26(2,23)24)16-8-6-15(19)7-9-16/h4-11H,3,12-13H2,1-2H3,(H,20,22). The molecule has 0 bridgehead atoms. The number of carbonyl (C=O) groups is 1. The molecule has 0 saturated carbocycles. The Hall–Kier alpha value is -1.81. The number of amides is 1. The average molecular weight is 488 g/mol. The number of rotatable bonds is 8. The summed E-state index contributed by atoms with van der Waals surface area (Å²) in [5, 5.41) is 2.75. The van der Waals surface area contributed by atoms with E-state index >= 15 is 0 Å². The molecule has 0 aliphatic carbocycles. The molecular weight excluding hydrogens is 467 g/mol. The van der Waals surface area contributed by atoms with Crippen molar-refractivity contribution in [3.05, 3.63) is 57.7 Å². The van der Waals surface area contributed by atoms with Gasteiger partial charge in [0.05, 0.1) is 18.6 Å². The fraction of sp³-hybridized carbons (Fsp3) is 0.278. The van der Waals surface area contributed by atoms with Gasteiger partial charge in [0.2, 0.25) is 15.9 Å². The summed E-state index contributed by atoms with van der Waals surface area (Å²) in [7, 11) is -3.57. The van der Waals surface area contributed by atoms with Crippen LogP contribution in [0.2, 0.25) is 0 Å². The van der Waals surface area contributed by atoms with Gasteiger partial charge in [-0.25, -0.2) is 8.42 Å². The van der Waals surface area contributed by atoms with Gasteiger partial charge in [0, 0.05) is 10.1 Å². The van der Waals surface area contributed by atoms with Crippen LogP contribution in [0, 0.1) is 3.57 Å². The molecule has 2 aromatic carbocycles. The molecule has 0 aliphatic heterocycles. The molecule has 0 heterocycles. The van der Waals surface area contributed by atoms with Crippen molar-refractivity contribution in [3.8, 4) is 5.75 Å². The minimum Gasteiger partial charge on any atom is -0.494 e. The number of sulfonamides is 1. The Kier molecular flexibility index (Phi) is 7.27. The van der Waals surface area contributed by atoms with Crippen LogP contribution in [0.4, 0.5) is 5.69 Å². The highest BCUT2D eigenvalue weighted by Gasteiger charge is 2.20. The zero-order chi connectivity index (χ0) is 19.2. The van der Waals surface area contributed by atoms with Crippen molar-refractivity contribution >= 4 is 44.2 Å². The molecule has 2 aromatic rings. The topological polar surface area (TPSA) is 75.7 Å². The molecule has 2 rings (SSSR count). The van der Waals surface area contributed by atoms with Gasteiger partial charge in [-0.1, -0.05) is 12.1 Å². The van der Waals surface area contributed by atoms with Gasteiger partial charge in [0.25, 0.3) is 0 Å². The van der Waals surface area contributed by atoms with E-state index < -0.39 is 10.0 Å². The molecule has 0 fully saturated rings. The number of ether oxygens (including phenoxy) is 1. The summed E-state index contributed by atoms with van der Waals surface area (Å²) in [5.74, 6) is 0.396. The number of nitrogens with zero attached hydrogens (tertiary/aromatic N) is 1. The fourth-order valence-corrected chi connectivity index (χ4v) is 3.48. The summed E-state index contributed by atoms with van der Waals surface area (Å²) in [6, 6.07) is 14.3. The van der Waals surface area contributed by atoms with E-state index in [4.69, 9.17) is 4.74 Å². The smallest absolute Gasteiger partial charge is 0.241 e. The van der Waals surface area contributed by atoms with Crippen LogP contribution >= 0.6 is 22.6 Å². The molecule has 1 amide bonds. The number of carbonyl (C=O) groups excluding carboxylic acids is 1. The van der Waals surface area contributed by atoms with Crippen molar-refractivity contribution in [2.75, 3.05) is 23.7 Å². The Labute approximate surface area is 167 Å². The Morgan fingerprint density at radius 3 is 2.27 bits per heavy atom. The summed E-state index contributed by atoms with van der Waals surface area (Å²) in [6.07, 6.45) is 1.09. The van der Waals surface area contributed by atoms with Gasteiger partial charge in [-0.05, 0) is 71.5 Å². The van der Waals surface area contributed by atoms with Crippen molar-refractivity contribution < 1.29 is 17.9 Å². The maximum absolute atomic E-state index is 12.2. The largest absolute Gasteiger partial charge is 0.494 e. The van der Waals surface area contributed by atoms with E-state index in [0.29, 0.717) is 18.8 Å². The van der Waals surface area contributed by atoms with Crippen molar-refractivity contribution in [1.82, 2.24) is 5.32 Å². The van der Waals surface area contributed by atoms with E-state index in [1.54, 1.807) is 24.3 Å².